The van der Waals surface area contributed by atoms with Crippen molar-refractivity contribution in [2.24, 2.45) is 0 Å². The third kappa shape index (κ3) is 4.12. The molecule has 0 saturated carbocycles. The summed E-state index contributed by atoms with van der Waals surface area (Å²) in [5.41, 5.74) is 4.49. The number of nitriles is 1. The quantitative estimate of drug-likeness (QED) is 0.170. The molecule has 180 valence electrons. The number of nitrogens with zero attached hydrogens (tertiary/aromatic N) is 3. The summed E-state index contributed by atoms with van der Waals surface area (Å²) in [4.78, 5) is 17.2. The molecule has 3 aromatic carbocycles. The van der Waals surface area contributed by atoms with Gasteiger partial charge in [-0.3, -0.25) is 0 Å². The van der Waals surface area contributed by atoms with E-state index in [-0.39, 0.29) is 0 Å². The van der Waals surface area contributed by atoms with Crippen LogP contribution in [0.1, 0.15) is 11.9 Å². The van der Waals surface area contributed by atoms with E-state index in [0.717, 1.165) is 27.5 Å². The first kappa shape index (κ1) is 23.2. The van der Waals surface area contributed by atoms with E-state index in [1.807, 2.05) is 24.3 Å². The molecule has 0 amide bonds. The van der Waals surface area contributed by atoms with Crippen molar-refractivity contribution >= 4 is 71.3 Å². The van der Waals surface area contributed by atoms with Crippen LogP contribution in [0.4, 0.5) is 5.69 Å². The number of thiazole rings is 1. The number of aryl methyl sites for hydroxylation is 1. The van der Waals surface area contributed by atoms with Crippen LogP contribution < -0.4 is 10.9 Å². The highest BCUT2D eigenvalue weighted by Gasteiger charge is 2.14. The van der Waals surface area contributed by atoms with Gasteiger partial charge < -0.3 is 14.3 Å². The molecule has 3 heterocycles. The normalized spacial score (nSPS) is 11.9. The minimum absolute atomic E-state index is 0.358. The summed E-state index contributed by atoms with van der Waals surface area (Å²) >= 11 is 4.75. The smallest absolute Gasteiger partial charge is 0.345 e. The number of aromatic nitrogens is 2. The largest absolute Gasteiger partial charge is 0.422 e. The zero-order chi connectivity index (χ0) is 25.5. The summed E-state index contributed by atoms with van der Waals surface area (Å²) in [7, 11) is 0. The molecule has 6 rings (SSSR count). The fraction of sp³-hybridized carbons (Fsp3) is 0.0690. The average molecular weight is 567 g/mol. The van der Waals surface area contributed by atoms with Gasteiger partial charge in [-0.05, 0) is 55.5 Å². The number of hydrogen-bond donors (Lipinski definition) is 1. The third-order valence-electron chi connectivity index (χ3n) is 6.30. The maximum absolute atomic E-state index is 12.6. The lowest BCUT2D eigenvalue weighted by Gasteiger charge is -2.05. The molecule has 1 N–H and O–H groups in total. The van der Waals surface area contributed by atoms with Gasteiger partial charge in [-0.15, -0.1) is 11.3 Å². The highest BCUT2D eigenvalue weighted by atomic mass is 79.9. The Morgan fingerprint density at radius 3 is 2.81 bits per heavy atom. The van der Waals surface area contributed by atoms with Crippen molar-refractivity contribution in [3.05, 3.63) is 98.2 Å². The Balaban J connectivity index is 1.33. The van der Waals surface area contributed by atoms with E-state index >= 15 is 0 Å². The molecule has 6 nitrogen and oxygen atoms in total. The minimum atomic E-state index is -0.466. The van der Waals surface area contributed by atoms with Crippen LogP contribution in [-0.4, -0.2) is 9.55 Å². The number of para-hydroxylation sites is 1. The molecule has 0 saturated heterocycles. The third-order valence-corrected chi connectivity index (χ3v) is 7.67. The van der Waals surface area contributed by atoms with Gasteiger partial charge in [0.15, 0.2) is 0 Å². The Morgan fingerprint density at radius 1 is 1.14 bits per heavy atom. The molecule has 0 radical (unpaired) electrons. The van der Waals surface area contributed by atoms with Crippen molar-refractivity contribution in [2.75, 3.05) is 5.32 Å². The van der Waals surface area contributed by atoms with E-state index in [1.54, 1.807) is 23.7 Å². The Kier molecular flexibility index (Phi) is 5.87. The van der Waals surface area contributed by atoms with Crippen LogP contribution in [0.5, 0.6) is 0 Å². The zero-order valence-corrected chi connectivity index (χ0v) is 22.1. The van der Waals surface area contributed by atoms with Gasteiger partial charge in [0.25, 0.3) is 0 Å². The topological polar surface area (TPSA) is 83.8 Å². The second-order valence-corrected chi connectivity index (χ2v) is 10.2. The van der Waals surface area contributed by atoms with E-state index in [4.69, 9.17) is 4.42 Å². The van der Waals surface area contributed by atoms with Crippen LogP contribution in [-0.2, 0) is 6.54 Å². The Bertz CT molecular complexity index is 1960. The standard InChI is InChI=1S/C29H19BrN4O2S/c1-2-34-25-6-4-3-5-21(25)22-13-20(8-9-26(22)34)32-15-18(14-31)28-33-24(16-37-28)23-12-17-11-19(30)7-10-27(17)36-29(23)35/h3-13,15-16,32H,2H2,1H3/b18-15+. The Labute approximate surface area is 224 Å². The van der Waals surface area contributed by atoms with Crippen LogP contribution in [0.2, 0.25) is 0 Å². The molecule has 0 spiro atoms. The number of benzene rings is 3. The molecule has 8 heteroatoms. The van der Waals surface area contributed by atoms with E-state index in [0.29, 0.717) is 27.4 Å². The molecule has 0 fully saturated rings. The lowest BCUT2D eigenvalue weighted by molar-refractivity contribution is 0.563. The van der Waals surface area contributed by atoms with Gasteiger partial charge in [-0.1, -0.05) is 34.1 Å². The second-order valence-electron chi connectivity index (χ2n) is 8.48. The van der Waals surface area contributed by atoms with Crippen molar-refractivity contribution < 1.29 is 4.42 Å². The van der Waals surface area contributed by atoms with Crippen molar-refractivity contribution in [3.8, 4) is 17.3 Å². The van der Waals surface area contributed by atoms with Gasteiger partial charge >= 0.3 is 5.63 Å². The van der Waals surface area contributed by atoms with Crippen LogP contribution in [0.25, 0.3) is 49.6 Å². The van der Waals surface area contributed by atoms with Crippen molar-refractivity contribution in [3.63, 3.8) is 0 Å². The number of anilines is 1. The van der Waals surface area contributed by atoms with E-state index in [1.165, 1.54) is 27.8 Å². The van der Waals surface area contributed by atoms with Crippen LogP contribution in [0, 0.1) is 11.3 Å². The van der Waals surface area contributed by atoms with Crippen LogP contribution >= 0.6 is 27.3 Å². The predicted molar refractivity (Wildman–Crippen MR) is 154 cm³/mol. The summed E-state index contributed by atoms with van der Waals surface area (Å²) in [5, 5.41) is 18.5. The molecular weight excluding hydrogens is 548 g/mol. The summed E-state index contributed by atoms with van der Waals surface area (Å²) in [5.74, 6) is 0. The van der Waals surface area contributed by atoms with E-state index in [9.17, 15) is 10.1 Å². The number of allylic oxidation sites excluding steroid dienone is 1. The van der Waals surface area contributed by atoms with Gasteiger partial charge in [-0.2, -0.15) is 5.26 Å². The molecule has 0 bridgehead atoms. The highest BCUT2D eigenvalue weighted by Crippen LogP contribution is 2.32. The fourth-order valence-corrected chi connectivity index (χ4v) is 5.74. The molecule has 37 heavy (non-hydrogen) atoms. The lowest BCUT2D eigenvalue weighted by atomic mass is 10.1. The Morgan fingerprint density at radius 2 is 1.97 bits per heavy atom. The molecule has 0 atom stereocenters. The first-order chi connectivity index (χ1) is 18.1. The van der Waals surface area contributed by atoms with Gasteiger partial charge in [0, 0.05) is 55.5 Å². The summed E-state index contributed by atoms with van der Waals surface area (Å²) in [6, 6.07) is 24.0. The summed E-state index contributed by atoms with van der Waals surface area (Å²) in [6.07, 6.45) is 1.66. The molecule has 0 aliphatic heterocycles. The maximum atomic E-state index is 12.6. The molecule has 0 aliphatic rings. The van der Waals surface area contributed by atoms with Crippen molar-refractivity contribution in [1.82, 2.24) is 9.55 Å². The first-order valence-electron chi connectivity index (χ1n) is 11.6. The molecule has 6 aromatic rings. The van der Waals surface area contributed by atoms with Gasteiger partial charge in [0.1, 0.15) is 22.2 Å². The fourth-order valence-electron chi connectivity index (χ4n) is 4.58. The SMILES string of the molecule is CCn1c2ccccc2c2cc(N/C=C(\C#N)c3nc(-c4cc5cc(Br)ccc5oc4=O)cs3)ccc21. The number of nitrogens with one attached hydrogen (secondary N) is 1. The van der Waals surface area contributed by atoms with Crippen molar-refractivity contribution in [1.29, 1.82) is 5.26 Å². The number of fused-ring (bicyclic) bond motifs is 4. The number of halogens is 1. The zero-order valence-electron chi connectivity index (χ0n) is 19.7. The van der Waals surface area contributed by atoms with Gasteiger partial charge in [0.2, 0.25) is 0 Å². The molecule has 3 aromatic heterocycles. The van der Waals surface area contributed by atoms with Gasteiger partial charge in [0.05, 0.1) is 11.3 Å². The second kappa shape index (κ2) is 9.36. The van der Waals surface area contributed by atoms with Crippen molar-refractivity contribution in [2.45, 2.75) is 13.5 Å². The van der Waals surface area contributed by atoms with E-state index in [2.05, 4.69) is 74.1 Å². The minimum Gasteiger partial charge on any atom is -0.422 e. The number of hydrogen-bond acceptors (Lipinski definition) is 6. The Hall–Kier alpha value is -4.19. The predicted octanol–water partition coefficient (Wildman–Crippen LogP) is 7.78. The summed E-state index contributed by atoms with van der Waals surface area (Å²) < 4.78 is 8.66. The maximum Gasteiger partial charge on any atom is 0.345 e. The highest BCUT2D eigenvalue weighted by molar-refractivity contribution is 9.10. The summed E-state index contributed by atoms with van der Waals surface area (Å²) in [6.45, 7) is 3.03. The molecular formula is C29H19BrN4O2S. The lowest BCUT2D eigenvalue weighted by Crippen LogP contribution is -2.03. The van der Waals surface area contributed by atoms with E-state index < -0.39 is 5.63 Å². The average Bonchev–Trinajstić information content (AvgIpc) is 3.52. The molecule has 0 aliphatic carbocycles. The van der Waals surface area contributed by atoms with Crippen LogP contribution in [0.15, 0.2) is 92.0 Å². The number of rotatable bonds is 5. The molecule has 0 unspecified atom stereocenters. The first-order valence-corrected chi connectivity index (χ1v) is 13.3. The monoisotopic (exact) mass is 566 g/mol. The van der Waals surface area contributed by atoms with Crippen LogP contribution in [0.3, 0.4) is 0 Å². The van der Waals surface area contributed by atoms with Gasteiger partial charge in [-0.25, -0.2) is 9.78 Å².